The maximum Gasteiger partial charge on any atom is 0.258 e. The molecule has 1 amide bonds. The van der Waals surface area contributed by atoms with Crippen LogP contribution in [0.15, 0.2) is 55.1 Å². The molecular weight excluding hydrogens is 337 g/mol. The molecular formula is C20H22FNO4. The first-order valence-corrected chi connectivity index (χ1v) is 8.18. The van der Waals surface area contributed by atoms with Crippen molar-refractivity contribution in [3.05, 3.63) is 66.5 Å². The number of hydrogen-bond acceptors (Lipinski definition) is 4. The van der Waals surface area contributed by atoms with Gasteiger partial charge >= 0.3 is 0 Å². The number of allylic oxidation sites excluding steroid dienone is 1. The Morgan fingerprint density at radius 3 is 2.62 bits per heavy atom. The van der Waals surface area contributed by atoms with Crippen LogP contribution in [0.25, 0.3) is 0 Å². The molecule has 0 saturated carbocycles. The van der Waals surface area contributed by atoms with Gasteiger partial charge in [0, 0.05) is 0 Å². The number of hydrogen-bond donors (Lipinski definition) is 1. The van der Waals surface area contributed by atoms with E-state index in [0.717, 1.165) is 12.0 Å². The van der Waals surface area contributed by atoms with E-state index in [9.17, 15) is 9.18 Å². The number of nitrogens with one attached hydrogen (secondary N) is 1. The average Bonchev–Trinajstić information content (AvgIpc) is 2.65. The number of rotatable bonds is 10. The molecule has 0 radical (unpaired) electrons. The molecule has 0 atom stereocenters. The number of ether oxygens (including phenoxy) is 3. The topological polar surface area (TPSA) is 56.8 Å². The third kappa shape index (κ3) is 6.12. The summed E-state index contributed by atoms with van der Waals surface area (Å²) in [7, 11) is 1.55. The van der Waals surface area contributed by atoms with Gasteiger partial charge in [-0.25, -0.2) is 4.39 Å². The molecule has 0 fully saturated rings. The lowest BCUT2D eigenvalue weighted by Crippen LogP contribution is -2.32. The largest absolute Gasteiger partial charge is 0.493 e. The van der Waals surface area contributed by atoms with Gasteiger partial charge in [-0.2, -0.15) is 0 Å². The molecule has 5 nitrogen and oxygen atoms in total. The molecule has 0 spiro atoms. The van der Waals surface area contributed by atoms with E-state index in [4.69, 9.17) is 14.2 Å². The fraction of sp³-hybridized carbons (Fsp3) is 0.250. The minimum absolute atomic E-state index is 0.131. The molecule has 0 unspecified atom stereocenters. The summed E-state index contributed by atoms with van der Waals surface area (Å²) in [6.07, 6.45) is 2.53. The molecule has 0 saturated heterocycles. The third-order valence-electron chi connectivity index (χ3n) is 3.47. The third-order valence-corrected chi connectivity index (χ3v) is 3.47. The van der Waals surface area contributed by atoms with Gasteiger partial charge in [-0.1, -0.05) is 12.1 Å². The molecule has 0 bridgehead atoms. The van der Waals surface area contributed by atoms with Crippen molar-refractivity contribution in [2.75, 3.05) is 26.9 Å². The molecule has 2 rings (SSSR count). The molecule has 138 valence electrons. The van der Waals surface area contributed by atoms with Crippen LogP contribution in [0.5, 0.6) is 17.2 Å². The summed E-state index contributed by atoms with van der Waals surface area (Å²) in [5.41, 5.74) is 1.05. The van der Waals surface area contributed by atoms with E-state index >= 15 is 0 Å². The Balaban J connectivity index is 1.72. The molecule has 0 heterocycles. The molecule has 26 heavy (non-hydrogen) atoms. The van der Waals surface area contributed by atoms with Crippen molar-refractivity contribution in [1.82, 2.24) is 5.32 Å². The summed E-state index contributed by atoms with van der Waals surface area (Å²) in [6, 6.07) is 11.2. The highest BCUT2D eigenvalue weighted by Gasteiger charge is 2.08. The smallest absolute Gasteiger partial charge is 0.258 e. The van der Waals surface area contributed by atoms with Gasteiger partial charge in [-0.15, -0.1) is 6.58 Å². The average molecular weight is 359 g/mol. The van der Waals surface area contributed by atoms with Crippen molar-refractivity contribution in [3.8, 4) is 17.2 Å². The maximum atomic E-state index is 12.8. The van der Waals surface area contributed by atoms with E-state index in [-0.39, 0.29) is 24.9 Å². The van der Waals surface area contributed by atoms with Crippen molar-refractivity contribution in [2.24, 2.45) is 0 Å². The van der Waals surface area contributed by atoms with Crippen LogP contribution in [-0.4, -0.2) is 32.8 Å². The molecule has 0 aromatic heterocycles. The molecule has 0 aliphatic heterocycles. The van der Waals surface area contributed by atoms with Crippen LogP contribution in [0.2, 0.25) is 0 Å². The number of carbonyl (C=O) groups excluding carboxylic acids is 1. The van der Waals surface area contributed by atoms with Crippen LogP contribution in [-0.2, 0) is 11.2 Å². The van der Waals surface area contributed by atoms with E-state index in [2.05, 4.69) is 11.9 Å². The van der Waals surface area contributed by atoms with E-state index in [1.807, 2.05) is 12.1 Å². The van der Waals surface area contributed by atoms with Gasteiger partial charge < -0.3 is 19.5 Å². The van der Waals surface area contributed by atoms with Crippen LogP contribution in [0.4, 0.5) is 4.39 Å². The quantitative estimate of drug-likeness (QED) is 0.523. The Morgan fingerprint density at radius 1 is 1.15 bits per heavy atom. The fourth-order valence-electron chi connectivity index (χ4n) is 2.21. The lowest BCUT2D eigenvalue weighted by molar-refractivity contribution is -0.123. The first-order valence-electron chi connectivity index (χ1n) is 8.18. The molecule has 1 N–H and O–H groups in total. The second-order valence-corrected chi connectivity index (χ2v) is 5.42. The monoisotopic (exact) mass is 359 g/mol. The summed E-state index contributed by atoms with van der Waals surface area (Å²) in [5.74, 6) is 1.01. The lowest BCUT2D eigenvalue weighted by Gasteiger charge is -2.12. The lowest BCUT2D eigenvalue weighted by atomic mass is 10.1. The Labute approximate surface area is 152 Å². The maximum absolute atomic E-state index is 12.8. The van der Waals surface area contributed by atoms with E-state index < -0.39 is 0 Å². The zero-order chi connectivity index (χ0) is 18.8. The molecule has 6 heteroatoms. The van der Waals surface area contributed by atoms with Crippen LogP contribution < -0.4 is 19.5 Å². The highest BCUT2D eigenvalue weighted by Crippen LogP contribution is 2.28. The number of benzene rings is 2. The second kappa shape index (κ2) is 10.1. The normalized spacial score (nSPS) is 10.1. The van der Waals surface area contributed by atoms with Crippen molar-refractivity contribution >= 4 is 5.91 Å². The Kier molecular flexibility index (Phi) is 7.49. The van der Waals surface area contributed by atoms with Crippen molar-refractivity contribution in [2.45, 2.75) is 6.42 Å². The summed E-state index contributed by atoms with van der Waals surface area (Å²) < 4.78 is 29.0. The number of methoxy groups -OCH3 is 1. The predicted octanol–water partition coefficient (Wildman–Crippen LogP) is 3.14. The van der Waals surface area contributed by atoms with Gasteiger partial charge in [-0.05, 0) is 48.4 Å². The SMILES string of the molecule is C=CCc1ccc(OCC(=O)NCCOc2ccc(F)cc2)c(OC)c1. The van der Waals surface area contributed by atoms with Crippen LogP contribution >= 0.6 is 0 Å². The van der Waals surface area contributed by atoms with Gasteiger partial charge in [0.2, 0.25) is 0 Å². The van der Waals surface area contributed by atoms with Crippen molar-refractivity contribution in [3.63, 3.8) is 0 Å². The number of carbonyl (C=O) groups is 1. The zero-order valence-electron chi connectivity index (χ0n) is 14.7. The molecule has 0 aliphatic carbocycles. The van der Waals surface area contributed by atoms with Crippen LogP contribution in [0.3, 0.4) is 0 Å². The molecule has 2 aromatic rings. The molecule has 2 aromatic carbocycles. The minimum atomic E-state index is -0.323. The standard InChI is InChI=1S/C20H22FNO4/c1-3-4-15-5-10-18(19(13-15)24-2)26-14-20(23)22-11-12-25-17-8-6-16(21)7-9-17/h3,5-10,13H,1,4,11-12,14H2,2H3,(H,22,23). The van der Waals surface area contributed by atoms with Crippen LogP contribution in [0, 0.1) is 5.82 Å². The zero-order valence-corrected chi connectivity index (χ0v) is 14.7. The van der Waals surface area contributed by atoms with Crippen molar-refractivity contribution in [1.29, 1.82) is 0 Å². The number of halogens is 1. The van der Waals surface area contributed by atoms with Gasteiger partial charge in [0.05, 0.1) is 13.7 Å². The fourth-order valence-corrected chi connectivity index (χ4v) is 2.21. The van der Waals surface area contributed by atoms with Crippen molar-refractivity contribution < 1.29 is 23.4 Å². The van der Waals surface area contributed by atoms with Gasteiger partial charge in [0.15, 0.2) is 18.1 Å². The first kappa shape index (κ1) is 19.3. The van der Waals surface area contributed by atoms with Gasteiger partial charge in [0.1, 0.15) is 18.2 Å². The highest BCUT2D eigenvalue weighted by atomic mass is 19.1. The van der Waals surface area contributed by atoms with Gasteiger partial charge in [0.25, 0.3) is 5.91 Å². The Morgan fingerprint density at radius 2 is 1.92 bits per heavy atom. The van der Waals surface area contributed by atoms with E-state index in [1.54, 1.807) is 19.3 Å². The summed E-state index contributed by atoms with van der Waals surface area (Å²) in [4.78, 5) is 11.8. The van der Waals surface area contributed by atoms with Crippen LogP contribution in [0.1, 0.15) is 5.56 Å². The van der Waals surface area contributed by atoms with Gasteiger partial charge in [-0.3, -0.25) is 4.79 Å². The highest BCUT2D eigenvalue weighted by molar-refractivity contribution is 5.77. The molecule has 0 aliphatic rings. The van der Waals surface area contributed by atoms with E-state index in [1.165, 1.54) is 24.3 Å². The Bertz CT molecular complexity index is 731. The summed E-state index contributed by atoms with van der Waals surface area (Å²) in [5, 5.41) is 2.69. The number of amides is 1. The predicted molar refractivity (Wildman–Crippen MR) is 97.3 cm³/mol. The summed E-state index contributed by atoms with van der Waals surface area (Å²) >= 11 is 0. The summed E-state index contributed by atoms with van der Waals surface area (Å²) in [6.45, 7) is 4.16. The Hall–Kier alpha value is -3.02. The first-order chi connectivity index (χ1) is 12.6. The van der Waals surface area contributed by atoms with E-state index in [0.29, 0.717) is 23.8 Å². The minimum Gasteiger partial charge on any atom is -0.493 e. The second-order valence-electron chi connectivity index (χ2n) is 5.42.